The van der Waals surface area contributed by atoms with Gasteiger partial charge in [-0.1, -0.05) is 219 Å². The topological polar surface area (TPSA) is 307 Å². The molecule has 0 spiro atoms. The Bertz CT molecular complexity index is 1500. The van der Waals surface area contributed by atoms with E-state index in [1.54, 1.807) is 6.08 Å². The van der Waals surface area contributed by atoms with E-state index in [-0.39, 0.29) is 18.9 Å². The van der Waals surface area contributed by atoms with Crippen molar-refractivity contribution < 1.29 is 89.4 Å². The molecule has 3 fully saturated rings. The predicted octanol–water partition coefficient (Wildman–Crippen LogP) is 6.16. The molecule has 0 bridgehead atoms. The van der Waals surface area contributed by atoms with Crippen molar-refractivity contribution in [3.63, 3.8) is 0 Å². The van der Waals surface area contributed by atoms with Gasteiger partial charge in [-0.15, -0.1) is 0 Å². The average Bonchev–Trinajstić information content (AvgIpc) is 3.56. The number of aliphatic hydroxyl groups is 11. The summed E-state index contributed by atoms with van der Waals surface area (Å²) in [5, 5.41) is 120. The van der Waals surface area contributed by atoms with Gasteiger partial charge in [-0.25, -0.2) is 0 Å². The number of nitrogens with one attached hydrogen (secondary N) is 1. The quantitative estimate of drug-likeness (QED) is 0.0240. The highest BCUT2D eigenvalue weighted by Crippen LogP contribution is 2.33. The molecule has 1 amide bonds. The highest BCUT2D eigenvalue weighted by Gasteiger charge is 2.53. The van der Waals surface area contributed by atoms with Gasteiger partial charge < -0.3 is 89.9 Å². The van der Waals surface area contributed by atoms with Crippen LogP contribution in [-0.4, -0.2) is 193 Å². The summed E-state index contributed by atoms with van der Waals surface area (Å²) in [5.74, 6) is -0.272. The van der Waals surface area contributed by atoms with Crippen molar-refractivity contribution in [2.75, 3.05) is 26.4 Å². The third-order valence-electron chi connectivity index (χ3n) is 16.1. The summed E-state index contributed by atoms with van der Waals surface area (Å²) in [4.78, 5) is 13.3. The van der Waals surface area contributed by atoms with Gasteiger partial charge in [-0.3, -0.25) is 4.79 Å². The summed E-state index contributed by atoms with van der Waals surface area (Å²) < 4.78 is 34.3. The molecule has 0 radical (unpaired) electrons. The van der Waals surface area contributed by atoms with Crippen LogP contribution >= 0.6 is 0 Å². The van der Waals surface area contributed by atoms with Crippen LogP contribution in [0.5, 0.6) is 0 Å². The number of unbranched alkanes of at least 4 members (excludes halogenated alkanes) is 31. The third kappa shape index (κ3) is 27.9. The number of ether oxygens (including phenoxy) is 6. The van der Waals surface area contributed by atoms with Gasteiger partial charge in [-0.2, -0.15) is 0 Å². The Morgan fingerprint density at radius 3 is 1.19 bits per heavy atom. The zero-order valence-electron chi connectivity index (χ0n) is 48.6. The maximum atomic E-state index is 13.3. The Morgan fingerprint density at radius 2 is 0.785 bits per heavy atom. The van der Waals surface area contributed by atoms with E-state index >= 15 is 0 Å². The van der Waals surface area contributed by atoms with Gasteiger partial charge in [0.15, 0.2) is 18.9 Å². The van der Waals surface area contributed by atoms with Crippen LogP contribution in [0.4, 0.5) is 0 Å². The van der Waals surface area contributed by atoms with E-state index in [9.17, 15) is 61.0 Å². The van der Waals surface area contributed by atoms with Gasteiger partial charge in [0.2, 0.25) is 5.91 Å². The SMILES string of the molecule is CCCCCCCCCCCCC/C=C/C(O)C(COC1OC(CO)C(OC2OC(CO)C(OC3OC(CO)C(O)C(O)C3O)C(O)C2O)C(O)C1O)NC(=O)CCCCCCCCCCCCCCCCCCCCCCC. The molecule has 17 atom stereocenters. The van der Waals surface area contributed by atoms with E-state index in [0.29, 0.717) is 6.42 Å². The molecule has 79 heavy (non-hydrogen) atoms. The fourth-order valence-corrected chi connectivity index (χ4v) is 10.9. The van der Waals surface area contributed by atoms with Crippen molar-refractivity contribution in [3.8, 4) is 0 Å². The summed E-state index contributed by atoms with van der Waals surface area (Å²) in [6.07, 6.45) is 17.7. The molecule has 3 saturated heterocycles. The molecule has 17 unspecified atom stereocenters. The van der Waals surface area contributed by atoms with Crippen molar-refractivity contribution in [1.82, 2.24) is 5.32 Å². The van der Waals surface area contributed by atoms with Gasteiger partial charge >= 0.3 is 0 Å². The van der Waals surface area contributed by atoms with Crippen LogP contribution < -0.4 is 5.32 Å². The van der Waals surface area contributed by atoms with Gasteiger partial charge in [0, 0.05) is 6.42 Å². The Kier molecular flexibility index (Phi) is 40.1. The number of carbonyl (C=O) groups excluding carboxylic acids is 1. The van der Waals surface area contributed by atoms with Crippen molar-refractivity contribution in [3.05, 3.63) is 12.2 Å². The number of aliphatic hydroxyl groups excluding tert-OH is 11. The highest BCUT2D eigenvalue weighted by molar-refractivity contribution is 5.76. The number of hydrogen-bond donors (Lipinski definition) is 12. The second-order valence-electron chi connectivity index (χ2n) is 22.9. The number of allylic oxidation sites excluding steroid dienone is 1. The maximum Gasteiger partial charge on any atom is 0.220 e. The van der Waals surface area contributed by atoms with Crippen LogP contribution in [0.3, 0.4) is 0 Å². The Hall–Kier alpha value is -1.47. The van der Waals surface area contributed by atoms with Gasteiger partial charge in [0.05, 0.1) is 38.6 Å². The Balaban J connectivity index is 1.47. The third-order valence-corrected chi connectivity index (χ3v) is 16.1. The van der Waals surface area contributed by atoms with Gasteiger partial charge in [0.1, 0.15) is 73.2 Å². The van der Waals surface area contributed by atoms with Crippen LogP contribution in [0.15, 0.2) is 12.2 Å². The van der Waals surface area contributed by atoms with Gasteiger partial charge in [0.25, 0.3) is 0 Å². The molecule has 0 aromatic rings. The monoisotopic (exact) mass is 1140 g/mol. The molecule has 466 valence electrons. The second-order valence-corrected chi connectivity index (χ2v) is 22.9. The molecule has 19 nitrogen and oxygen atoms in total. The first-order valence-corrected chi connectivity index (χ1v) is 31.4. The minimum atomic E-state index is -1.97. The molecule has 3 rings (SSSR count). The molecule has 19 heteroatoms. The lowest BCUT2D eigenvalue weighted by Gasteiger charge is -2.48. The first-order chi connectivity index (χ1) is 38.3. The summed E-state index contributed by atoms with van der Waals surface area (Å²) >= 11 is 0. The molecule has 3 heterocycles. The van der Waals surface area contributed by atoms with Crippen molar-refractivity contribution in [1.29, 1.82) is 0 Å². The first-order valence-electron chi connectivity index (χ1n) is 31.4. The minimum Gasteiger partial charge on any atom is -0.394 e. The average molecular weight is 1140 g/mol. The van der Waals surface area contributed by atoms with Crippen LogP contribution in [-0.2, 0) is 33.2 Å². The Labute approximate surface area is 474 Å². The lowest BCUT2D eigenvalue weighted by molar-refractivity contribution is -0.379. The van der Waals surface area contributed by atoms with E-state index in [1.165, 1.54) is 161 Å². The van der Waals surface area contributed by atoms with E-state index in [2.05, 4.69) is 19.2 Å². The number of amides is 1. The molecule has 0 aliphatic carbocycles. The molecule has 12 N–H and O–H groups in total. The van der Waals surface area contributed by atoms with Gasteiger partial charge in [-0.05, 0) is 19.3 Å². The van der Waals surface area contributed by atoms with Crippen molar-refractivity contribution >= 4 is 5.91 Å². The molecule has 0 aromatic carbocycles. The van der Waals surface area contributed by atoms with E-state index in [0.717, 1.165) is 44.9 Å². The van der Waals surface area contributed by atoms with E-state index < -0.39 is 124 Å². The predicted molar refractivity (Wildman–Crippen MR) is 300 cm³/mol. The second kappa shape index (κ2) is 44.1. The maximum absolute atomic E-state index is 13.3. The molecule has 0 aromatic heterocycles. The van der Waals surface area contributed by atoms with Crippen LogP contribution in [0.2, 0.25) is 0 Å². The van der Waals surface area contributed by atoms with E-state index in [1.807, 2.05) is 6.08 Å². The smallest absolute Gasteiger partial charge is 0.220 e. The largest absolute Gasteiger partial charge is 0.394 e. The standard InChI is InChI=1S/C60H113NO18/c1-3-5-7-9-11-13-15-17-18-19-20-21-22-23-24-26-28-30-32-34-36-38-48(66)61-43(44(65)37-35-33-31-29-27-25-16-14-12-10-8-6-4-2)42-74-58-54(72)51(69)56(46(40-63)76-58)79-60-55(73)52(70)57(47(41-64)77-60)78-59-53(71)50(68)49(67)45(39-62)75-59/h35,37,43-47,49-60,62-65,67-73H,3-34,36,38-42H2,1-2H3,(H,61,66)/b37-35+. The summed E-state index contributed by atoms with van der Waals surface area (Å²) in [6, 6.07) is -0.966. The Morgan fingerprint density at radius 1 is 0.443 bits per heavy atom. The molecule has 0 saturated carbocycles. The normalized spacial score (nSPS) is 30.3. The molecule has 3 aliphatic rings. The summed E-state index contributed by atoms with van der Waals surface area (Å²) in [7, 11) is 0. The van der Waals surface area contributed by atoms with Crippen LogP contribution in [0.25, 0.3) is 0 Å². The minimum absolute atomic E-state index is 0.249. The number of rotatable bonds is 47. The fraction of sp³-hybridized carbons (Fsp3) is 0.950. The fourth-order valence-electron chi connectivity index (χ4n) is 10.9. The first kappa shape index (κ1) is 71.8. The zero-order chi connectivity index (χ0) is 57.6. The van der Waals surface area contributed by atoms with Crippen LogP contribution in [0.1, 0.15) is 232 Å². The highest BCUT2D eigenvalue weighted by atomic mass is 16.8. The summed E-state index contributed by atoms with van der Waals surface area (Å²) in [5.41, 5.74) is 0. The van der Waals surface area contributed by atoms with Crippen molar-refractivity contribution in [2.24, 2.45) is 0 Å². The zero-order valence-corrected chi connectivity index (χ0v) is 48.6. The molecular formula is C60H113NO18. The number of hydrogen-bond acceptors (Lipinski definition) is 18. The summed E-state index contributed by atoms with van der Waals surface area (Å²) in [6.45, 7) is 1.74. The molecule has 3 aliphatic heterocycles. The van der Waals surface area contributed by atoms with Crippen molar-refractivity contribution in [2.45, 2.75) is 336 Å². The lowest BCUT2D eigenvalue weighted by atomic mass is 9.96. The molecular weight excluding hydrogens is 1020 g/mol. The van der Waals surface area contributed by atoms with E-state index in [4.69, 9.17) is 28.4 Å². The number of carbonyl (C=O) groups is 1. The lowest BCUT2D eigenvalue weighted by Crippen LogP contribution is -2.66. The van der Waals surface area contributed by atoms with Crippen LogP contribution in [0, 0.1) is 0 Å².